The van der Waals surface area contributed by atoms with Gasteiger partial charge >= 0.3 is 0 Å². The van der Waals surface area contributed by atoms with Gasteiger partial charge in [-0.25, -0.2) is 4.98 Å². The monoisotopic (exact) mass is 786 g/mol. The molecule has 5 heterocycles. The molecule has 236 valence electrons. The molecule has 0 N–H and O–H groups in total. The van der Waals surface area contributed by atoms with Gasteiger partial charge in [0.15, 0.2) is 18.0 Å². The van der Waals surface area contributed by atoms with E-state index in [9.17, 15) is 0 Å². The van der Waals surface area contributed by atoms with Gasteiger partial charge in [-0.3, -0.25) is 0 Å². The predicted molar refractivity (Wildman–Crippen MR) is 185 cm³/mol. The summed E-state index contributed by atoms with van der Waals surface area (Å²) in [7, 11) is 2.30. The van der Waals surface area contributed by atoms with Crippen molar-refractivity contribution in [2.24, 2.45) is 0 Å². The van der Waals surface area contributed by atoms with Gasteiger partial charge in [-0.2, -0.15) is 6.07 Å². The number of nitrogens with zero attached hydrogens (tertiary/aromatic N) is 4. The maximum absolute atomic E-state index is 6.69. The fourth-order valence-electron chi connectivity index (χ4n) is 7.17. The van der Waals surface area contributed by atoms with Crippen molar-refractivity contribution in [2.75, 3.05) is 13.7 Å². The van der Waals surface area contributed by atoms with E-state index >= 15 is 0 Å². The Labute approximate surface area is 286 Å². The van der Waals surface area contributed by atoms with E-state index in [2.05, 4.69) is 138 Å². The number of fused-ring (bicyclic) bond motifs is 3. The van der Waals surface area contributed by atoms with Gasteiger partial charge in [-0.05, 0) is 40.0 Å². The number of hydrogen-bond acceptors (Lipinski definition) is 2. The molecule has 2 aromatic heterocycles. The minimum Gasteiger partial charge on any atom is -0.509 e. The quantitative estimate of drug-likeness (QED) is 0.132. The molecule has 0 amide bonds. The fraction of sp³-hybridized carbons (Fsp3) is 0.250. The normalized spacial score (nSPS) is 20.3. The van der Waals surface area contributed by atoms with Crippen LogP contribution in [0.1, 0.15) is 52.7 Å². The summed E-state index contributed by atoms with van der Waals surface area (Å²) in [6.45, 7) is 17.0. The summed E-state index contributed by atoms with van der Waals surface area (Å²) in [6, 6.07) is 37.4. The summed E-state index contributed by atoms with van der Waals surface area (Å²) in [5.74, 6) is 2.21. The summed E-state index contributed by atoms with van der Waals surface area (Å²) in [5.41, 5.74) is 8.41. The van der Waals surface area contributed by atoms with Crippen molar-refractivity contribution in [1.82, 2.24) is 18.5 Å². The van der Waals surface area contributed by atoms with Gasteiger partial charge in [0.05, 0.1) is 13.7 Å². The molecule has 4 aromatic carbocycles. The van der Waals surface area contributed by atoms with Crippen LogP contribution in [0, 0.1) is 18.8 Å². The third-order valence-electron chi connectivity index (χ3n) is 9.57. The van der Waals surface area contributed by atoms with Crippen LogP contribution in [0.25, 0.3) is 27.6 Å². The van der Waals surface area contributed by atoms with Gasteiger partial charge in [-0.1, -0.05) is 83.5 Å². The number of hydrogen-bond donors (Lipinski definition) is 0. The summed E-state index contributed by atoms with van der Waals surface area (Å²) in [5, 5.41) is 2.28. The molecule has 6 aromatic rings. The summed E-state index contributed by atoms with van der Waals surface area (Å²) in [6.07, 6.45) is 1.83. The molecule has 9 rings (SSSR count). The van der Waals surface area contributed by atoms with E-state index in [0.29, 0.717) is 16.0 Å². The molecule has 2 atom stereocenters. The minimum atomic E-state index is -0.0712. The Kier molecular flexibility index (Phi) is 6.96. The Bertz CT molecular complexity index is 2130. The number of aromatic nitrogens is 2. The first kappa shape index (κ1) is 30.9. The van der Waals surface area contributed by atoms with Crippen LogP contribution >= 0.6 is 0 Å². The molecule has 0 aliphatic carbocycles. The van der Waals surface area contributed by atoms with E-state index < -0.39 is 0 Å². The number of pyridine rings is 1. The molecule has 6 heteroatoms. The van der Waals surface area contributed by atoms with Crippen LogP contribution in [0.15, 0.2) is 91.1 Å². The Morgan fingerprint density at radius 3 is 2.22 bits per heavy atom. The van der Waals surface area contributed by atoms with Gasteiger partial charge in [0, 0.05) is 62.1 Å². The van der Waals surface area contributed by atoms with E-state index in [4.69, 9.17) is 4.74 Å². The largest absolute Gasteiger partial charge is 0.509 e. The SMILES string of the molecule is CC(C)(C)c1cc(Oc2[c-]c3c(cc2)c2ccccc2n3-c2ccccn2)[c-]c([N@@+]23[CH-][N@@+](C)(C2)c2ccc(C(C)(C)C)cc23)c1.[Pt]. The molecular weight excluding hydrogens is 748 g/mol. The molecule has 2 bridgehead atoms. The number of ether oxygens (including phenoxy) is 1. The zero-order valence-electron chi connectivity index (χ0n) is 27.5. The smallest absolute Gasteiger partial charge is 0.179 e. The third-order valence-corrected chi connectivity index (χ3v) is 9.57. The first-order valence-corrected chi connectivity index (χ1v) is 15.7. The maximum atomic E-state index is 6.69. The summed E-state index contributed by atoms with van der Waals surface area (Å²) >= 11 is 0. The number of quaternary nitrogens is 2. The second-order valence-corrected chi connectivity index (χ2v) is 14.9. The van der Waals surface area contributed by atoms with Gasteiger partial charge in [0.2, 0.25) is 0 Å². The van der Waals surface area contributed by atoms with Gasteiger partial charge in [0.25, 0.3) is 0 Å². The first-order valence-electron chi connectivity index (χ1n) is 15.7. The van der Waals surface area contributed by atoms with Crippen LogP contribution < -0.4 is 13.7 Å². The molecule has 5 nitrogen and oxygen atoms in total. The molecule has 0 radical (unpaired) electrons. The Balaban J connectivity index is 0.00000338. The van der Waals surface area contributed by atoms with Crippen LogP contribution in [0.2, 0.25) is 0 Å². The van der Waals surface area contributed by atoms with E-state index in [1.165, 1.54) is 22.5 Å². The van der Waals surface area contributed by atoms with Crippen LogP contribution in [-0.4, -0.2) is 23.3 Å². The third kappa shape index (κ3) is 4.67. The molecule has 1 saturated heterocycles. The van der Waals surface area contributed by atoms with Crippen LogP contribution in [-0.2, 0) is 31.9 Å². The van der Waals surface area contributed by atoms with Crippen molar-refractivity contribution < 1.29 is 25.8 Å². The van der Waals surface area contributed by atoms with Crippen LogP contribution in [0.4, 0.5) is 17.1 Å². The van der Waals surface area contributed by atoms with Crippen molar-refractivity contribution in [2.45, 2.75) is 52.4 Å². The van der Waals surface area contributed by atoms with Crippen molar-refractivity contribution in [3.8, 4) is 17.3 Å². The minimum absolute atomic E-state index is 0. The Morgan fingerprint density at radius 1 is 0.761 bits per heavy atom. The average Bonchev–Trinajstić information content (AvgIpc) is 3.55. The number of benzene rings is 4. The van der Waals surface area contributed by atoms with E-state index in [-0.39, 0.29) is 31.9 Å². The van der Waals surface area contributed by atoms with Crippen LogP contribution in [0.3, 0.4) is 0 Å². The van der Waals surface area contributed by atoms with Crippen molar-refractivity contribution in [3.05, 3.63) is 121 Å². The maximum Gasteiger partial charge on any atom is 0.179 e. The topological polar surface area (TPSA) is 27.1 Å². The zero-order valence-corrected chi connectivity index (χ0v) is 29.7. The Morgan fingerprint density at radius 2 is 1.50 bits per heavy atom. The molecule has 1 fully saturated rings. The zero-order chi connectivity index (χ0) is 31.4. The van der Waals surface area contributed by atoms with Crippen molar-refractivity contribution in [1.29, 1.82) is 0 Å². The molecule has 3 aliphatic rings. The second-order valence-electron chi connectivity index (χ2n) is 14.9. The number of rotatable bonds is 4. The van der Waals surface area contributed by atoms with Gasteiger partial charge in [-0.15, -0.1) is 35.2 Å². The molecule has 0 spiro atoms. The Hall–Kier alpha value is -3.76. The van der Waals surface area contributed by atoms with Crippen LogP contribution in [0.5, 0.6) is 11.5 Å². The van der Waals surface area contributed by atoms with Gasteiger partial charge in [0.1, 0.15) is 5.82 Å². The van der Waals surface area contributed by atoms with E-state index in [0.717, 1.165) is 44.5 Å². The molecular formula is C40H39N4OPt-. The van der Waals surface area contributed by atoms with Crippen molar-refractivity contribution in [3.63, 3.8) is 0 Å². The first-order chi connectivity index (χ1) is 21.4. The molecule has 3 aliphatic heterocycles. The molecule has 0 saturated carbocycles. The molecule has 0 unspecified atom stereocenters. The van der Waals surface area contributed by atoms with E-state index in [1.807, 2.05) is 30.5 Å². The summed E-state index contributed by atoms with van der Waals surface area (Å²) in [4.78, 5) is 4.68. The average molecular weight is 787 g/mol. The fourth-order valence-corrected chi connectivity index (χ4v) is 7.17. The predicted octanol–water partition coefficient (Wildman–Crippen LogP) is 9.84. The molecule has 46 heavy (non-hydrogen) atoms. The second kappa shape index (κ2) is 10.4. The standard InChI is InChI=1S/C40H39N4O.Pt/c1-39(2,3)27-15-18-36-37(22-27)44(25-43(36,7)26-44)29-20-28(40(4,5)6)21-31(23-29)45-30-16-17-33-32-12-8-9-13-34(32)42(35(33)24-30)38-14-10-11-19-41-38;/h8-22,25H,26H2,1-7H3;/q-1;/t43-,44+;/m0./s1. The van der Waals surface area contributed by atoms with E-state index in [1.54, 1.807) is 0 Å². The summed E-state index contributed by atoms with van der Waals surface area (Å²) < 4.78 is 10.4. The van der Waals surface area contributed by atoms with Crippen molar-refractivity contribution >= 4 is 38.9 Å². The van der Waals surface area contributed by atoms with Gasteiger partial charge < -0.3 is 18.3 Å². The number of para-hydroxylation sites is 1.